The number of hydrogen-bond acceptors (Lipinski definition) is 7. The number of para-hydroxylation sites is 1. The molecule has 11 heteroatoms. The smallest absolute Gasteiger partial charge is 0.256 e. The zero-order valence-electron chi connectivity index (χ0n) is 22.1. The van der Waals surface area contributed by atoms with Crippen LogP contribution < -0.4 is 5.32 Å². The Morgan fingerprint density at radius 3 is 2.54 bits per heavy atom. The summed E-state index contributed by atoms with van der Waals surface area (Å²) in [6.07, 6.45) is 2.36. The number of thiazole rings is 1. The largest absolute Gasteiger partial charge is 0.337 e. The Hall–Kier alpha value is -3.12. The normalized spacial score (nSPS) is 13.6. The SMILES string of the molecule is CCCCN(C)S(=O)(=O)c1ccc(C(=O)Nc2sc3c(c2-c2nc4ccccc4s2)CCN(C(C)=O)C3)cc1. The molecule has 0 saturated heterocycles. The summed E-state index contributed by atoms with van der Waals surface area (Å²) < 4.78 is 28.1. The van der Waals surface area contributed by atoms with Crippen molar-refractivity contribution in [3.63, 3.8) is 0 Å². The summed E-state index contributed by atoms with van der Waals surface area (Å²) in [4.78, 5) is 33.3. The van der Waals surface area contributed by atoms with Gasteiger partial charge in [-0.2, -0.15) is 0 Å². The van der Waals surface area contributed by atoms with Gasteiger partial charge in [0.05, 0.1) is 21.7 Å². The van der Waals surface area contributed by atoms with Crippen LogP contribution in [-0.4, -0.2) is 54.6 Å². The highest BCUT2D eigenvalue weighted by Crippen LogP contribution is 2.45. The van der Waals surface area contributed by atoms with Crippen molar-refractivity contribution < 1.29 is 18.0 Å². The molecule has 0 aliphatic carbocycles. The second-order valence-electron chi connectivity index (χ2n) is 9.54. The number of hydrogen-bond donors (Lipinski definition) is 1. The number of carbonyl (C=O) groups excluding carboxylic acids is 2. The number of aromatic nitrogens is 1. The predicted octanol–water partition coefficient (Wildman–Crippen LogP) is 5.60. The van der Waals surface area contributed by atoms with Crippen LogP contribution in [0, 0.1) is 0 Å². The van der Waals surface area contributed by atoms with E-state index < -0.39 is 10.0 Å². The highest BCUT2D eigenvalue weighted by Gasteiger charge is 2.29. The highest BCUT2D eigenvalue weighted by atomic mass is 32.2. The predicted molar refractivity (Wildman–Crippen MR) is 157 cm³/mol. The molecule has 8 nitrogen and oxygen atoms in total. The summed E-state index contributed by atoms with van der Waals surface area (Å²) in [5.41, 5.74) is 3.28. The van der Waals surface area contributed by atoms with Gasteiger partial charge >= 0.3 is 0 Å². The standard InChI is InChI=1S/C28H30N4O4S3/c1-4-5-15-31(3)39(35,36)20-12-10-19(11-13-20)26(34)30-28-25(27-29-22-8-6-7-9-23(22)37-27)21-14-16-32(18(2)33)17-24(21)38-28/h6-13H,4-5,14-17H2,1-3H3,(H,30,34). The van der Waals surface area contributed by atoms with Gasteiger partial charge in [0.25, 0.3) is 5.91 Å². The molecule has 204 valence electrons. The van der Waals surface area contributed by atoms with Crippen LogP contribution in [0.2, 0.25) is 0 Å². The lowest BCUT2D eigenvalue weighted by Gasteiger charge is -2.26. The van der Waals surface area contributed by atoms with Crippen LogP contribution >= 0.6 is 22.7 Å². The molecule has 0 fully saturated rings. The summed E-state index contributed by atoms with van der Waals surface area (Å²) in [5.74, 6) is -0.306. The third-order valence-electron chi connectivity index (χ3n) is 6.89. The van der Waals surface area contributed by atoms with Gasteiger partial charge in [0.15, 0.2) is 0 Å². The second kappa shape index (κ2) is 11.2. The molecule has 1 aliphatic rings. The molecule has 0 radical (unpaired) electrons. The number of anilines is 1. The molecule has 1 aliphatic heterocycles. The van der Waals surface area contributed by atoms with Gasteiger partial charge in [0.2, 0.25) is 15.9 Å². The molecule has 1 N–H and O–H groups in total. The van der Waals surface area contributed by atoms with Crippen molar-refractivity contribution in [3.8, 4) is 10.6 Å². The van der Waals surface area contributed by atoms with Crippen molar-refractivity contribution in [2.24, 2.45) is 0 Å². The molecule has 0 unspecified atom stereocenters. The number of benzene rings is 2. The van der Waals surface area contributed by atoms with E-state index in [1.165, 1.54) is 39.9 Å². The first-order valence-corrected chi connectivity index (χ1v) is 15.9. The number of fused-ring (bicyclic) bond motifs is 2. The van der Waals surface area contributed by atoms with E-state index in [1.807, 2.05) is 36.1 Å². The molecular formula is C28H30N4O4S3. The fourth-order valence-corrected chi connectivity index (χ4v) is 8.18. The maximum atomic E-state index is 13.3. The van der Waals surface area contributed by atoms with Crippen molar-refractivity contribution in [2.75, 3.05) is 25.5 Å². The number of carbonyl (C=O) groups is 2. The molecule has 39 heavy (non-hydrogen) atoms. The molecule has 5 rings (SSSR count). The van der Waals surface area contributed by atoms with Crippen LogP contribution in [0.5, 0.6) is 0 Å². The number of unbranched alkanes of at least 4 members (excludes halogenated alkanes) is 1. The first kappa shape index (κ1) is 27.4. The van der Waals surface area contributed by atoms with Crippen LogP contribution in [0.25, 0.3) is 20.8 Å². The summed E-state index contributed by atoms with van der Waals surface area (Å²) in [7, 11) is -2.05. The summed E-state index contributed by atoms with van der Waals surface area (Å²) >= 11 is 3.05. The molecule has 0 bridgehead atoms. The van der Waals surface area contributed by atoms with Crippen molar-refractivity contribution in [1.29, 1.82) is 0 Å². The maximum absolute atomic E-state index is 13.3. The van der Waals surface area contributed by atoms with Gasteiger partial charge in [-0.1, -0.05) is 25.5 Å². The molecular weight excluding hydrogens is 553 g/mol. The molecule has 2 amide bonds. The van der Waals surface area contributed by atoms with E-state index in [-0.39, 0.29) is 16.7 Å². The van der Waals surface area contributed by atoms with Crippen molar-refractivity contribution >= 4 is 59.7 Å². The Morgan fingerprint density at radius 2 is 1.85 bits per heavy atom. The summed E-state index contributed by atoms with van der Waals surface area (Å²) in [6, 6.07) is 14.0. The Morgan fingerprint density at radius 1 is 1.10 bits per heavy atom. The van der Waals surface area contributed by atoms with Crippen LogP contribution in [0.1, 0.15) is 47.5 Å². The molecule has 0 atom stereocenters. The van der Waals surface area contributed by atoms with Gasteiger partial charge in [-0.05, 0) is 54.8 Å². The maximum Gasteiger partial charge on any atom is 0.256 e. The molecule has 0 spiro atoms. The van der Waals surface area contributed by atoms with Gasteiger partial charge < -0.3 is 10.2 Å². The lowest BCUT2D eigenvalue weighted by molar-refractivity contribution is -0.129. The molecule has 2 aromatic heterocycles. The summed E-state index contributed by atoms with van der Waals surface area (Å²) in [5, 5.41) is 4.58. The zero-order chi connectivity index (χ0) is 27.7. The molecule has 3 heterocycles. The monoisotopic (exact) mass is 582 g/mol. The first-order valence-electron chi connectivity index (χ1n) is 12.8. The number of nitrogens with one attached hydrogen (secondary N) is 1. The van der Waals surface area contributed by atoms with Crippen molar-refractivity contribution in [2.45, 2.75) is 44.6 Å². The summed E-state index contributed by atoms with van der Waals surface area (Å²) in [6.45, 7) is 5.15. The lowest BCUT2D eigenvalue weighted by Crippen LogP contribution is -2.33. The van der Waals surface area contributed by atoms with E-state index in [1.54, 1.807) is 25.3 Å². The third-order valence-corrected chi connectivity index (χ3v) is 10.9. The second-order valence-corrected chi connectivity index (χ2v) is 13.7. The molecule has 2 aromatic carbocycles. The van der Waals surface area contributed by atoms with Gasteiger partial charge in [-0.15, -0.1) is 22.7 Å². The quantitative estimate of drug-likeness (QED) is 0.292. The fraction of sp³-hybridized carbons (Fsp3) is 0.321. The minimum Gasteiger partial charge on any atom is -0.337 e. The van der Waals surface area contributed by atoms with Gasteiger partial charge in [0, 0.05) is 43.1 Å². The zero-order valence-corrected chi connectivity index (χ0v) is 24.5. The average Bonchev–Trinajstić information content (AvgIpc) is 3.51. The Balaban J connectivity index is 1.45. The highest BCUT2D eigenvalue weighted by molar-refractivity contribution is 7.89. The lowest BCUT2D eigenvalue weighted by atomic mass is 10.0. The third kappa shape index (κ3) is 5.49. The van der Waals surface area contributed by atoms with Gasteiger partial charge in [-0.25, -0.2) is 17.7 Å². The topological polar surface area (TPSA) is 99.7 Å². The van der Waals surface area contributed by atoms with Gasteiger partial charge in [0.1, 0.15) is 10.0 Å². The van der Waals surface area contributed by atoms with Gasteiger partial charge in [-0.3, -0.25) is 9.59 Å². The number of nitrogens with zero attached hydrogens (tertiary/aromatic N) is 3. The van der Waals surface area contributed by atoms with E-state index >= 15 is 0 Å². The number of sulfonamides is 1. The average molecular weight is 583 g/mol. The first-order chi connectivity index (χ1) is 18.7. The van der Waals surface area contributed by atoms with E-state index in [2.05, 4.69) is 5.32 Å². The minimum atomic E-state index is -3.62. The van der Waals surface area contributed by atoms with E-state index in [0.29, 0.717) is 36.6 Å². The Kier molecular flexibility index (Phi) is 7.86. The fourth-order valence-electron chi connectivity index (χ4n) is 4.60. The Labute approximate surface area is 236 Å². The molecule has 0 saturated carbocycles. The van der Waals surface area contributed by atoms with Crippen molar-refractivity contribution in [3.05, 3.63) is 64.5 Å². The Bertz CT molecular complexity index is 1610. The van der Waals surface area contributed by atoms with Crippen LogP contribution in [0.15, 0.2) is 53.4 Å². The number of rotatable bonds is 8. The number of thiophene rings is 1. The van der Waals surface area contributed by atoms with Crippen molar-refractivity contribution in [1.82, 2.24) is 14.2 Å². The van der Waals surface area contributed by atoms with Crippen LogP contribution in [0.3, 0.4) is 0 Å². The van der Waals surface area contributed by atoms with Crippen LogP contribution in [-0.2, 0) is 27.8 Å². The van der Waals surface area contributed by atoms with E-state index in [9.17, 15) is 18.0 Å². The van der Waals surface area contributed by atoms with E-state index in [0.717, 1.165) is 44.1 Å². The van der Waals surface area contributed by atoms with E-state index in [4.69, 9.17) is 4.98 Å². The number of amides is 2. The minimum absolute atomic E-state index is 0.0246. The molecule has 4 aromatic rings. The van der Waals surface area contributed by atoms with Crippen LogP contribution in [0.4, 0.5) is 5.00 Å².